The molecule has 1 fully saturated rings. The van der Waals surface area contributed by atoms with Crippen molar-refractivity contribution in [1.29, 1.82) is 5.41 Å². The largest absolute Gasteiger partial charge is 0.387 e. The molecule has 3 heteroatoms. The van der Waals surface area contributed by atoms with E-state index in [1.807, 2.05) is 6.92 Å². The highest BCUT2D eigenvalue weighted by molar-refractivity contribution is 5.79. The van der Waals surface area contributed by atoms with E-state index in [0.29, 0.717) is 18.6 Å². The lowest BCUT2D eigenvalue weighted by molar-refractivity contribution is -0.0117. The zero-order valence-corrected chi connectivity index (χ0v) is 9.25. The second kappa shape index (κ2) is 5.35. The Balaban J connectivity index is 2.25. The summed E-state index contributed by atoms with van der Waals surface area (Å²) in [7, 11) is 0. The Morgan fingerprint density at radius 3 is 2.71 bits per heavy atom. The molecule has 1 aliphatic carbocycles. The molecule has 0 saturated heterocycles. The third-order valence-corrected chi connectivity index (χ3v) is 3.12. The summed E-state index contributed by atoms with van der Waals surface area (Å²) in [5, 5.41) is 7.27. The molecule has 0 aromatic heterocycles. The van der Waals surface area contributed by atoms with Crippen molar-refractivity contribution in [2.45, 2.75) is 45.6 Å². The van der Waals surface area contributed by atoms with Crippen LogP contribution < -0.4 is 5.73 Å². The molecular formula is C11H22N2O. The number of nitrogens with two attached hydrogens (primary N) is 1. The monoisotopic (exact) mass is 198 g/mol. The van der Waals surface area contributed by atoms with Crippen LogP contribution >= 0.6 is 0 Å². The Kier molecular flexibility index (Phi) is 4.39. The molecule has 0 aromatic carbocycles. The summed E-state index contributed by atoms with van der Waals surface area (Å²) < 4.78 is 5.80. The third-order valence-electron chi connectivity index (χ3n) is 3.12. The highest BCUT2D eigenvalue weighted by Gasteiger charge is 2.22. The number of hydrogen-bond donors (Lipinski definition) is 2. The second-order valence-corrected chi connectivity index (χ2v) is 4.49. The van der Waals surface area contributed by atoms with E-state index in [0.717, 1.165) is 0 Å². The van der Waals surface area contributed by atoms with Crippen LogP contribution in [0.2, 0.25) is 0 Å². The van der Waals surface area contributed by atoms with Gasteiger partial charge in [0.2, 0.25) is 0 Å². The van der Waals surface area contributed by atoms with Crippen molar-refractivity contribution in [2.24, 2.45) is 17.6 Å². The molecule has 1 saturated carbocycles. The van der Waals surface area contributed by atoms with Crippen LogP contribution in [0.5, 0.6) is 0 Å². The van der Waals surface area contributed by atoms with Crippen molar-refractivity contribution in [3.8, 4) is 0 Å². The summed E-state index contributed by atoms with van der Waals surface area (Å²) in [5.41, 5.74) is 5.39. The van der Waals surface area contributed by atoms with E-state index in [1.54, 1.807) is 0 Å². The number of ether oxygens (including phenoxy) is 1. The van der Waals surface area contributed by atoms with E-state index in [1.165, 1.54) is 25.7 Å². The quantitative estimate of drug-likeness (QED) is 0.537. The average Bonchev–Trinajstić information content (AvgIpc) is 2.16. The average molecular weight is 198 g/mol. The van der Waals surface area contributed by atoms with Crippen molar-refractivity contribution < 1.29 is 4.74 Å². The summed E-state index contributed by atoms with van der Waals surface area (Å²) in [5.74, 6) is 0.959. The lowest BCUT2D eigenvalue weighted by Crippen LogP contribution is -2.31. The number of hydrogen-bond acceptors (Lipinski definition) is 2. The van der Waals surface area contributed by atoms with Crippen molar-refractivity contribution in [1.82, 2.24) is 0 Å². The molecule has 3 atom stereocenters. The second-order valence-electron chi connectivity index (χ2n) is 4.49. The lowest BCUT2D eigenvalue weighted by Gasteiger charge is -2.29. The molecule has 0 aromatic rings. The van der Waals surface area contributed by atoms with Crippen LogP contribution in [-0.2, 0) is 4.74 Å². The Morgan fingerprint density at radius 2 is 2.14 bits per heavy atom. The van der Waals surface area contributed by atoms with E-state index < -0.39 is 0 Å². The molecule has 3 N–H and O–H groups in total. The van der Waals surface area contributed by atoms with Gasteiger partial charge in [-0.3, -0.25) is 5.41 Å². The zero-order valence-electron chi connectivity index (χ0n) is 9.25. The van der Waals surface area contributed by atoms with Gasteiger partial charge in [0, 0.05) is 5.92 Å². The fourth-order valence-electron chi connectivity index (χ4n) is 1.89. The number of nitrogens with one attached hydrogen (secondary N) is 1. The minimum Gasteiger partial charge on any atom is -0.387 e. The maximum atomic E-state index is 7.27. The molecule has 14 heavy (non-hydrogen) atoms. The molecule has 0 radical (unpaired) electrons. The predicted molar refractivity (Wildman–Crippen MR) is 58.5 cm³/mol. The molecule has 3 unspecified atom stereocenters. The standard InChI is InChI=1S/C11H22N2O/c1-8-5-3-4-6-10(8)14-7-9(2)11(12)13/h8-10H,3-7H2,1-2H3,(H3,12,13). The summed E-state index contributed by atoms with van der Waals surface area (Å²) in [6, 6.07) is 0. The van der Waals surface area contributed by atoms with Gasteiger partial charge in [0.15, 0.2) is 0 Å². The summed E-state index contributed by atoms with van der Waals surface area (Å²) in [4.78, 5) is 0. The minimum atomic E-state index is 0.0594. The molecular weight excluding hydrogens is 176 g/mol. The van der Waals surface area contributed by atoms with Gasteiger partial charge in [-0.05, 0) is 18.8 Å². The first kappa shape index (κ1) is 11.5. The van der Waals surface area contributed by atoms with Gasteiger partial charge in [-0.25, -0.2) is 0 Å². The first-order valence-corrected chi connectivity index (χ1v) is 5.56. The predicted octanol–water partition coefficient (Wildman–Crippen LogP) is 2.15. The fraction of sp³-hybridized carbons (Fsp3) is 0.909. The van der Waals surface area contributed by atoms with Gasteiger partial charge in [-0.2, -0.15) is 0 Å². The Bertz CT molecular complexity index is 194. The molecule has 0 bridgehead atoms. The SMILES string of the molecule is CC(COC1CCCCC1C)C(=N)N. The molecule has 1 aliphatic rings. The fourth-order valence-corrected chi connectivity index (χ4v) is 1.89. The van der Waals surface area contributed by atoms with Gasteiger partial charge < -0.3 is 10.5 Å². The molecule has 0 heterocycles. The molecule has 3 nitrogen and oxygen atoms in total. The van der Waals surface area contributed by atoms with E-state index >= 15 is 0 Å². The Morgan fingerprint density at radius 1 is 1.50 bits per heavy atom. The Labute approximate surface area is 86.5 Å². The van der Waals surface area contributed by atoms with Crippen molar-refractivity contribution in [3.05, 3.63) is 0 Å². The normalized spacial score (nSPS) is 29.9. The summed E-state index contributed by atoms with van der Waals surface area (Å²) in [6.07, 6.45) is 5.46. The molecule has 1 rings (SSSR count). The van der Waals surface area contributed by atoms with Crippen molar-refractivity contribution in [2.75, 3.05) is 6.61 Å². The molecule has 0 amide bonds. The molecule has 82 valence electrons. The van der Waals surface area contributed by atoms with Crippen LogP contribution in [0.15, 0.2) is 0 Å². The van der Waals surface area contributed by atoms with Gasteiger partial charge in [0.25, 0.3) is 0 Å². The summed E-state index contributed by atoms with van der Waals surface area (Å²) in [6.45, 7) is 4.79. The maximum Gasteiger partial charge on any atom is 0.0957 e. The van der Waals surface area contributed by atoms with Gasteiger partial charge in [0.1, 0.15) is 0 Å². The molecule has 0 aliphatic heterocycles. The Hall–Kier alpha value is -0.570. The van der Waals surface area contributed by atoms with Crippen LogP contribution in [0.1, 0.15) is 39.5 Å². The number of amidine groups is 1. The van der Waals surface area contributed by atoms with Crippen LogP contribution in [0.4, 0.5) is 0 Å². The first-order chi connectivity index (χ1) is 6.61. The van der Waals surface area contributed by atoms with Gasteiger partial charge in [0.05, 0.1) is 18.5 Å². The van der Waals surface area contributed by atoms with E-state index in [-0.39, 0.29) is 11.8 Å². The van der Waals surface area contributed by atoms with Gasteiger partial charge >= 0.3 is 0 Å². The topological polar surface area (TPSA) is 59.1 Å². The lowest BCUT2D eigenvalue weighted by atomic mass is 9.88. The van der Waals surface area contributed by atoms with Crippen LogP contribution in [0.25, 0.3) is 0 Å². The third kappa shape index (κ3) is 3.29. The van der Waals surface area contributed by atoms with Gasteiger partial charge in [-0.1, -0.05) is 26.7 Å². The maximum absolute atomic E-state index is 7.27. The number of rotatable bonds is 4. The van der Waals surface area contributed by atoms with E-state index in [2.05, 4.69) is 6.92 Å². The van der Waals surface area contributed by atoms with Crippen LogP contribution in [0.3, 0.4) is 0 Å². The summed E-state index contributed by atoms with van der Waals surface area (Å²) >= 11 is 0. The zero-order chi connectivity index (χ0) is 10.6. The van der Waals surface area contributed by atoms with Crippen LogP contribution in [0, 0.1) is 17.2 Å². The molecule has 0 spiro atoms. The highest BCUT2D eigenvalue weighted by Crippen LogP contribution is 2.26. The van der Waals surface area contributed by atoms with E-state index in [4.69, 9.17) is 15.9 Å². The first-order valence-electron chi connectivity index (χ1n) is 5.56. The highest BCUT2D eigenvalue weighted by atomic mass is 16.5. The van der Waals surface area contributed by atoms with Crippen molar-refractivity contribution >= 4 is 5.84 Å². The smallest absolute Gasteiger partial charge is 0.0957 e. The minimum absolute atomic E-state index is 0.0594. The van der Waals surface area contributed by atoms with E-state index in [9.17, 15) is 0 Å². The van der Waals surface area contributed by atoms with Gasteiger partial charge in [-0.15, -0.1) is 0 Å². The van der Waals surface area contributed by atoms with Crippen molar-refractivity contribution in [3.63, 3.8) is 0 Å². The van der Waals surface area contributed by atoms with Crippen LogP contribution in [-0.4, -0.2) is 18.5 Å².